The van der Waals surface area contributed by atoms with Crippen LogP contribution in [0.4, 0.5) is 0 Å². The highest BCUT2D eigenvalue weighted by atomic mass is 16.3. The summed E-state index contributed by atoms with van der Waals surface area (Å²) in [5.41, 5.74) is 2.81. The van der Waals surface area contributed by atoms with Gasteiger partial charge >= 0.3 is 0 Å². The molecule has 0 fully saturated rings. The normalized spacial score (nSPS) is 11.2. The maximum absolute atomic E-state index is 9.82. The summed E-state index contributed by atoms with van der Waals surface area (Å²) in [6, 6.07) is 11.5. The minimum absolute atomic E-state index is 0.212. The Bertz CT molecular complexity index is 777. The van der Waals surface area contributed by atoms with E-state index in [0.29, 0.717) is 5.52 Å². The second-order valence-electron chi connectivity index (χ2n) is 4.70. The van der Waals surface area contributed by atoms with E-state index in [9.17, 15) is 5.11 Å². The van der Waals surface area contributed by atoms with Crippen LogP contribution in [-0.2, 0) is 7.05 Å². The molecule has 3 nitrogen and oxygen atoms in total. The molecule has 98 valence electrons. The lowest BCUT2D eigenvalue weighted by Crippen LogP contribution is -2.25. The van der Waals surface area contributed by atoms with Gasteiger partial charge in [-0.25, -0.2) is 4.57 Å². The van der Waals surface area contributed by atoms with Crippen molar-refractivity contribution in [2.75, 3.05) is 0 Å². The van der Waals surface area contributed by atoms with Crippen LogP contribution in [-0.4, -0.2) is 10.1 Å². The zero-order valence-electron chi connectivity index (χ0n) is 11.2. The van der Waals surface area contributed by atoms with Crippen molar-refractivity contribution in [1.82, 2.24) is 4.98 Å². The highest BCUT2D eigenvalue weighted by Gasteiger charge is 2.03. The van der Waals surface area contributed by atoms with Gasteiger partial charge in [0.15, 0.2) is 12.4 Å². The van der Waals surface area contributed by atoms with Gasteiger partial charge in [0.25, 0.3) is 0 Å². The minimum Gasteiger partial charge on any atom is -0.506 e. The van der Waals surface area contributed by atoms with Gasteiger partial charge in [-0.05, 0) is 23.3 Å². The van der Waals surface area contributed by atoms with Crippen molar-refractivity contribution in [3.05, 3.63) is 66.1 Å². The molecular weight excluding hydrogens is 248 g/mol. The number of pyridine rings is 2. The van der Waals surface area contributed by atoms with Crippen LogP contribution in [0.15, 0.2) is 55.0 Å². The highest BCUT2D eigenvalue weighted by molar-refractivity contribution is 5.93. The number of fused-ring (bicyclic) bond motifs is 1. The van der Waals surface area contributed by atoms with E-state index in [-0.39, 0.29) is 5.75 Å². The number of phenolic OH excluding ortho intramolecular Hbond substituents is 1. The van der Waals surface area contributed by atoms with Crippen LogP contribution < -0.4 is 4.57 Å². The molecule has 2 aromatic heterocycles. The van der Waals surface area contributed by atoms with Gasteiger partial charge in [-0.3, -0.25) is 4.98 Å². The van der Waals surface area contributed by atoms with Gasteiger partial charge in [0, 0.05) is 23.7 Å². The van der Waals surface area contributed by atoms with Crippen LogP contribution in [0.1, 0.15) is 11.1 Å². The monoisotopic (exact) mass is 263 g/mol. The van der Waals surface area contributed by atoms with Gasteiger partial charge in [0.05, 0.1) is 0 Å². The molecule has 0 unspecified atom stereocenters. The van der Waals surface area contributed by atoms with Gasteiger partial charge in [-0.15, -0.1) is 0 Å². The average molecular weight is 263 g/mol. The van der Waals surface area contributed by atoms with Crippen LogP contribution in [0.25, 0.3) is 23.1 Å². The van der Waals surface area contributed by atoms with E-state index in [4.69, 9.17) is 0 Å². The number of aromatic nitrogens is 2. The molecule has 1 N–H and O–H groups in total. The van der Waals surface area contributed by atoms with Crippen molar-refractivity contribution in [1.29, 1.82) is 0 Å². The van der Waals surface area contributed by atoms with Gasteiger partial charge < -0.3 is 5.11 Å². The number of phenols is 1. The van der Waals surface area contributed by atoms with Crippen molar-refractivity contribution < 1.29 is 9.67 Å². The molecule has 0 aliphatic rings. The maximum Gasteiger partial charge on any atom is 0.169 e. The topological polar surface area (TPSA) is 37.0 Å². The summed E-state index contributed by atoms with van der Waals surface area (Å²) in [6.45, 7) is 0. The predicted molar refractivity (Wildman–Crippen MR) is 80.0 cm³/mol. The number of aromatic hydroxyl groups is 1. The van der Waals surface area contributed by atoms with Crippen LogP contribution >= 0.6 is 0 Å². The Morgan fingerprint density at radius 2 is 1.85 bits per heavy atom. The summed E-state index contributed by atoms with van der Waals surface area (Å²) in [4.78, 5) is 4.22. The van der Waals surface area contributed by atoms with E-state index in [2.05, 4.69) is 23.2 Å². The van der Waals surface area contributed by atoms with E-state index < -0.39 is 0 Å². The van der Waals surface area contributed by atoms with Gasteiger partial charge in [-0.1, -0.05) is 24.3 Å². The summed E-state index contributed by atoms with van der Waals surface area (Å²) in [5.74, 6) is 0.212. The molecule has 0 atom stereocenters. The Labute approximate surface area is 117 Å². The van der Waals surface area contributed by atoms with Crippen LogP contribution in [0.5, 0.6) is 5.75 Å². The number of hydrogen-bond donors (Lipinski definition) is 1. The van der Waals surface area contributed by atoms with Crippen molar-refractivity contribution in [3.8, 4) is 5.75 Å². The van der Waals surface area contributed by atoms with Gasteiger partial charge in [-0.2, -0.15) is 0 Å². The maximum atomic E-state index is 9.82. The van der Waals surface area contributed by atoms with Crippen LogP contribution in [0.2, 0.25) is 0 Å². The molecule has 0 aliphatic carbocycles. The molecule has 3 heteroatoms. The summed E-state index contributed by atoms with van der Waals surface area (Å²) in [5, 5.41) is 10.8. The lowest BCUT2D eigenvalue weighted by molar-refractivity contribution is -0.671. The molecule has 0 aliphatic heterocycles. The average Bonchev–Trinajstić information content (AvgIpc) is 2.47. The van der Waals surface area contributed by atoms with E-state index in [1.54, 1.807) is 12.3 Å². The Hall–Kier alpha value is -2.68. The molecule has 1 aromatic carbocycles. The molecule has 0 bridgehead atoms. The molecule has 0 saturated heterocycles. The first-order valence-electron chi connectivity index (χ1n) is 6.44. The summed E-state index contributed by atoms with van der Waals surface area (Å²) >= 11 is 0. The third-order valence-electron chi connectivity index (χ3n) is 3.24. The van der Waals surface area contributed by atoms with E-state index >= 15 is 0 Å². The molecule has 3 aromatic rings. The predicted octanol–water partition coefficient (Wildman–Crippen LogP) is 2.94. The fraction of sp³-hybridized carbons (Fsp3) is 0.0588. The van der Waals surface area contributed by atoms with E-state index in [1.807, 2.05) is 48.3 Å². The second kappa shape index (κ2) is 5.13. The Morgan fingerprint density at radius 3 is 2.65 bits per heavy atom. The quantitative estimate of drug-likeness (QED) is 0.722. The molecule has 0 amide bonds. The van der Waals surface area contributed by atoms with Crippen molar-refractivity contribution in [2.45, 2.75) is 0 Å². The number of benzene rings is 1. The number of rotatable bonds is 2. The third kappa shape index (κ3) is 2.38. The zero-order chi connectivity index (χ0) is 13.9. The van der Waals surface area contributed by atoms with Gasteiger partial charge in [0.1, 0.15) is 18.3 Å². The Kier molecular flexibility index (Phi) is 3.17. The summed E-state index contributed by atoms with van der Waals surface area (Å²) in [7, 11) is 1.99. The first-order valence-corrected chi connectivity index (χ1v) is 6.44. The SMILES string of the molecule is C[n+]1ccc(/C=C/c2ccnc3c(O)cccc23)cc1. The van der Waals surface area contributed by atoms with Gasteiger partial charge in [0.2, 0.25) is 0 Å². The lowest BCUT2D eigenvalue weighted by Gasteiger charge is -2.03. The number of para-hydroxylation sites is 1. The lowest BCUT2D eigenvalue weighted by atomic mass is 10.1. The summed E-state index contributed by atoms with van der Waals surface area (Å²) in [6.07, 6.45) is 9.83. The Balaban J connectivity index is 2.02. The standard InChI is InChI=1S/C17H14N2O/c1-19-11-8-13(9-12-19)5-6-14-7-10-18-17-15(14)3-2-4-16(17)20/h2-12H,1H3/p+1. The molecular formula is C17H15N2O+. The molecule has 2 heterocycles. The summed E-state index contributed by atoms with van der Waals surface area (Å²) < 4.78 is 2.00. The Morgan fingerprint density at radius 1 is 1.05 bits per heavy atom. The zero-order valence-corrected chi connectivity index (χ0v) is 11.2. The molecule has 0 radical (unpaired) electrons. The largest absolute Gasteiger partial charge is 0.506 e. The van der Waals surface area contributed by atoms with Crippen molar-refractivity contribution >= 4 is 23.1 Å². The first kappa shape index (κ1) is 12.4. The van der Waals surface area contributed by atoms with Crippen LogP contribution in [0, 0.1) is 0 Å². The molecule has 20 heavy (non-hydrogen) atoms. The van der Waals surface area contributed by atoms with E-state index in [0.717, 1.165) is 16.5 Å². The third-order valence-corrected chi connectivity index (χ3v) is 3.24. The van der Waals surface area contributed by atoms with Crippen LogP contribution in [0.3, 0.4) is 0 Å². The number of nitrogens with zero attached hydrogens (tertiary/aromatic N) is 2. The fourth-order valence-corrected chi connectivity index (χ4v) is 2.14. The van der Waals surface area contributed by atoms with Crippen molar-refractivity contribution in [2.24, 2.45) is 7.05 Å². The highest BCUT2D eigenvalue weighted by Crippen LogP contribution is 2.25. The number of aryl methyl sites for hydroxylation is 1. The fourth-order valence-electron chi connectivity index (χ4n) is 2.14. The first-order chi connectivity index (χ1) is 9.74. The smallest absolute Gasteiger partial charge is 0.169 e. The van der Waals surface area contributed by atoms with Crippen molar-refractivity contribution in [3.63, 3.8) is 0 Å². The molecule has 3 rings (SSSR count). The van der Waals surface area contributed by atoms with E-state index in [1.165, 1.54) is 0 Å². The molecule has 0 spiro atoms. The second-order valence-corrected chi connectivity index (χ2v) is 4.70. The molecule has 0 saturated carbocycles. The number of hydrogen-bond acceptors (Lipinski definition) is 2. The minimum atomic E-state index is 0.212.